The molecule has 3 nitrogen and oxygen atoms in total. The molecule has 2 aromatic heterocycles. The maximum absolute atomic E-state index is 6.40. The first-order valence-electron chi connectivity index (χ1n) is 6.71. The SMILES string of the molecule is Cc1csc(C(C)n2c(C(C)Cl)nc3cccc(Cl)c32)n1. The van der Waals surface area contributed by atoms with E-state index in [9.17, 15) is 0 Å². The highest BCUT2D eigenvalue weighted by atomic mass is 35.5. The summed E-state index contributed by atoms with van der Waals surface area (Å²) in [6, 6.07) is 5.79. The van der Waals surface area contributed by atoms with E-state index in [1.807, 2.05) is 32.0 Å². The predicted molar refractivity (Wildman–Crippen MR) is 89.7 cm³/mol. The molecule has 3 rings (SSSR count). The summed E-state index contributed by atoms with van der Waals surface area (Å²) >= 11 is 14.4. The van der Waals surface area contributed by atoms with E-state index in [0.29, 0.717) is 5.02 Å². The number of hydrogen-bond donors (Lipinski definition) is 0. The Morgan fingerprint density at radius 2 is 2.00 bits per heavy atom. The average molecular weight is 340 g/mol. The van der Waals surface area contributed by atoms with Crippen LogP contribution in [0.5, 0.6) is 0 Å². The summed E-state index contributed by atoms with van der Waals surface area (Å²) in [6.07, 6.45) is 0. The molecule has 0 N–H and O–H groups in total. The number of alkyl halides is 1. The summed E-state index contributed by atoms with van der Waals surface area (Å²) < 4.78 is 2.10. The molecule has 0 spiro atoms. The zero-order valence-electron chi connectivity index (χ0n) is 12.0. The first-order chi connectivity index (χ1) is 9.99. The number of fused-ring (bicyclic) bond motifs is 1. The van der Waals surface area contributed by atoms with Crippen molar-refractivity contribution in [1.29, 1.82) is 0 Å². The Bertz CT molecular complexity index is 791. The van der Waals surface area contributed by atoms with E-state index in [4.69, 9.17) is 23.2 Å². The molecule has 3 aromatic rings. The van der Waals surface area contributed by atoms with Gasteiger partial charge in [-0.3, -0.25) is 0 Å². The van der Waals surface area contributed by atoms with Gasteiger partial charge in [0.1, 0.15) is 10.8 Å². The lowest BCUT2D eigenvalue weighted by Gasteiger charge is -2.17. The zero-order chi connectivity index (χ0) is 15.1. The van der Waals surface area contributed by atoms with Gasteiger partial charge in [0.2, 0.25) is 0 Å². The van der Waals surface area contributed by atoms with Crippen LogP contribution >= 0.6 is 34.5 Å². The molecule has 6 heteroatoms. The van der Waals surface area contributed by atoms with Gasteiger partial charge < -0.3 is 4.57 Å². The van der Waals surface area contributed by atoms with Gasteiger partial charge in [-0.15, -0.1) is 22.9 Å². The van der Waals surface area contributed by atoms with Crippen LogP contribution in [0.3, 0.4) is 0 Å². The lowest BCUT2D eigenvalue weighted by molar-refractivity contribution is 0.614. The van der Waals surface area contributed by atoms with E-state index in [2.05, 4.69) is 26.8 Å². The first-order valence-corrected chi connectivity index (χ1v) is 8.41. The van der Waals surface area contributed by atoms with Crippen LogP contribution in [0.2, 0.25) is 5.02 Å². The number of para-hydroxylation sites is 1. The van der Waals surface area contributed by atoms with Crippen molar-refractivity contribution in [3.8, 4) is 0 Å². The number of rotatable bonds is 3. The summed E-state index contributed by atoms with van der Waals surface area (Å²) in [5.74, 6) is 0.820. The highest BCUT2D eigenvalue weighted by molar-refractivity contribution is 7.09. The number of aromatic nitrogens is 3. The molecule has 0 aliphatic carbocycles. The molecular formula is C15H15Cl2N3S. The van der Waals surface area contributed by atoms with Crippen molar-refractivity contribution < 1.29 is 0 Å². The molecule has 0 fully saturated rings. The number of hydrogen-bond acceptors (Lipinski definition) is 3. The Balaban J connectivity index is 2.26. The number of imidazole rings is 1. The summed E-state index contributed by atoms with van der Waals surface area (Å²) in [4.78, 5) is 9.24. The number of thiazole rings is 1. The van der Waals surface area contributed by atoms with Gasteiger partial charge in [0.05, 0.1) is 27.5 Å². The van der Waals surface area contributed by atoms with Crippen LogP contribution in [0.1, 0.15) is 41.8 Å². The quantitative estimate of drug-likeness (QED) is 0.601. The minimum absolute atomic E-state index is 0.0461. The molecular weight excluding hydrogens is 325 g/mol. The Hall–Kier alpha value is -1.10. The summed E-state index contributed by atoms with van der Waals surface area (Å²) in [5.41, 5.74) is 2.81. The van der Waals surface area contributed by atoms with Crippen LogP contribution in [0, 0.1) is 6.92 Å². The molecule has 0 saturated carbocycles. The first kappa shape index (κ1) is 14.8. The van der Waals surface area contributed by atoms with Gasteiger partial charge in [-0.1, -0.05) is 17.7 Å². The van der Waals surface area contributed by atoms with Crippen molar-refractivity contribution in [3.05, 3.63) is 45.1 Å². The van der Waals surface area contributed by atoms with E-state index in [-0.39, 0.29) is 11.4 Å². The Morgan fingerprint density at radius 1 is 1.24 bits per heavy atom. The maximum Gasteiger partial charge on any atom is 0.128 e. The predicted octanol–water partition coefficient (Wildman–Crippen LogP) is 5.36. The lowest BCUT2D eigenvalue weighted by Crippen LogP contribution is -2.11. The molecule has 2 heterocycles. The normalized spacial score (nSPS) is 14.5. The largest absolute Gasteiger partial charge is 0.316 e. The van der Waals surface area contributed by atoms with Crippen LogP contribution in [0.25, 0.3) is 11.0 Å². The maximum atomic E-state index is 6.40. The minimum Gasteiger partial charge on any atom is -0.316 e. The second-order valence-corrected chi connectivity index (χ2v) is 7.02. The number of benzene rings is 1. The van der Waals surface area contributed by atoms with E-state index < -0.39 is 0 Å². The van der Waals surface area contributed by atoms with Crippen LogP contribution in [0.15, 0.2) is 23.6 Å². The van der Waals surface area contributed by atoms with E-state index in [1.54, 1.807) is 11.3 Å². The van der Waals surface area contributed by atoms with Crippen LogP contribution in [-0.4, -0.2) is 14.5 Å². The highest BCUT2D eigenvalue weighted by Gasteiger charge is 2.23. The molecule has 0 bridgehead atoms. The molecule has 1 aromatic carbocycles. The molecule has 0 radical (unpaired) electrons. The topological polar surface area (TPSA) is 30.7 Å². The number of nitrogens with zero attached hydrogens (tertiary/aromatic N) is 3. The molecule has 21 heavy (non-hydrogen) atoms. The van der Waals surface area contributed by atoms with Crippen molar-refractivity contribution in [2.24, 2.45) is 0 Å². The van der Waals surface area contributed by atoms with Crippen molar-refractivity contribution in [1.82, 2.24) is 14.5 Å². The van der Waals surface area contributed by atoms with Gasteiger partial charge in [0, 0.05) is 11.1 Å². The van der Waals surface area contributed by atoms with Gasteiger partial charge >= 0.3 is 0 Å². The summed E-state index contributed by atoms with van der Waals surface area (Å²) in [7, 11) is 0. The number of halogens is 2. The molecule has 2 unspecified atom stereocenters. The molecule has 0 aliphatic heterocycles. The third-order valence-electron chi connectivity index (χ3n) is 3.43. The van der Waals surface area contributed by atoms with Gasteiger partial charge in [0.25, 0.3) is 0 Å². The molecule has 110 valence electrons. The second-order valence-electron chi connectivity index (χ2n) is 5.07. The Morgan fingerprint density at radius 3 is 2.62 bits per heavy atom. The second kappa shape index (κ2) is 5.59. The third-order valence-corrected chi connectivity index (χ3v) is 5.06. The minimum atomic E-state index is -0.197. The van der Waals surface area contributed by atoms with Gasteiger partial charge in [-0.2, -0.15) is 0 Å². The van der Waals surface area contributed by atoms with Gasteiger partial charge in [-0.25, -0.2) is 9.97 Å². The molecule has 0 amide bonds. The fraction of sp³-hybridized carbons (Fsp3) is 0.333. The highest BCUT2D eigenvalue weighted by Crippen LogP contribution is 2.34. The average Bonchev–Trinajstić information content (AvgIpc) is 3.02. The van der Waals surface area contributed by atoms with Gasteiger partial charge in [-0.05, 0) is 32.9 Å². The third kappa shape index (κ3) is 2.56. The Labute approximate surface area is 137 Å². The van der Waals surface area contributed by atoms with E-state index >= 15 is 0 Å². The Kier molecular flexibility index (Phi) is 3.95. The smallest absolute Gasteiger partial charge is 0.128 e. The standard InChI is InChI=1S/C15H15Cl2N3S/c1-8-7-21-15(18-8)10(3)20-13-11(17)5-4-6-12(13)19-14(20)9(2)16/h4-7,9-10H,1-3H3. The van der Waals surface area contributed by atoms with Crippen LogP contribution < -0.4 is 0 Å². The molecule has 2 atom stereocenters. The van der Waals surface area contributed by atoms with E-state index in [0.717, 1.165) is 27.6 Å². The zero-order valence-corrected chi connectivity index (χ0v) is 14.3. The van der Waals surface area contributed by atoms with Crippen molar-refractivity contribution in [2.75, 3.05) is 0 Å². The molecule has 0 saturated heterocycles. The lowest BCUT2D eigenvalue weighted by atomic mass is 10.2. The van der Waals surface area contributed by atoms with Crippen molar-refractivity contribution >= 4 is 45.6 Å². The number of aryl methyl sites for hydroxylation is 1. The fourth-order valence-electron chi connectivity index (χ4n) is 2.47. The monoisotopic (exact) mass is 339 g/mol. The van der Waals surface area contributed by atoms with E-state index in [1.165, 1.54) is 0 Å². The van der Waals surface area contributed by atoms with Crippen LogP contribution in [0.4, 0.5) is 0 Å². The molecule has 0 aliphatic rings. The van der Waals surface area contributed by atoms with Crippen LogP contribution in [-0.2, 0) is 0 Å². The van der Waals surface area contributed by atoms with Crippen molar-refractivity contribution in [3.63, 3.8) is 0 Å². The summed E-state index contributed by atoms with van der Waals surface area (Å²) in [5, 5.41) is 3.57. The summed E-state index contributed by atoms with van der Waals surface area (Å²) in [6.45, 7) is 6.02. The van der Waals surface area contributed by atoms with Gasteiger partial charge in [0.15, 0.2) is 0 Å². The van der Waals surface area contributed by atoms with Crippen molar-refractivity contribution in [2.45, 2.75) is 32.2 Å². The fourth-order valence-corrected chi connectivity index (χ4v) is 3.73.